The van der Waals surface area contributed by atoms with Crippen LogP contribution in [0.25, 0.3) is 0 Å². The number of rotatable bonds is 6. The van der Waals surface area contributed by atoms with Gasteiger partial charge in [0.15, 0.2) is 37.7 Å². The molecule has 384 valence electrons. The van der Waals surface area contributed by atoms with E-state index >= 15 is 0 Å². The zero-order valence-electron chi connectivity index (χ0n) is 34.5. The average molecular weight is 973 g/mol. The minimum Gasteiger partial charge on any atom is -0.394 e. The highest BCUT2D eigenvalue weighted by atomic mass is 16.8. The zero-order valence-corrected chi connectivity index (χ0v) is 34.5. The SMILES string of the molecule is OC[C@@H]1O[C@H]2O[C@@H]3[C@@H](O)[C@@H](O)[C@H](O[C@@H]4[C@@H](O)[C@@H](O)[C@H](O[C@@H]5[C@@H](O)[C@@H](O)[C@H](O[C@@H]6[C@@H](O)[C@@H](O)[C@H](O[C@H]7[C@H](O)[C@H](O)[C@H](O[C@@H]1[C@H](O)[C@@H]2O)O[C@H]7CO)O[C@H]6CO)O[C@H]5CO)O[C@H]4CO)O[C@H]3CO. The summed E-state index contributed by atoms with van der Waals surface area (Å²) in [6.07, 6.45) is -58.5. The van der Waals surface area contributed by atoms with E-state index < -0.39 is 224 Å². The minimum absolute atomic E-state index is 0.999. The first-order valence-corrected chi connectivity index (χ1v) is 21.1. The third kappa shape index (κ3) is 10.0. The lowest BCUT2D eigenvalue weighted by molar-refractivity contribution is -0.404. The van der Waals surface area contributed by atoms with Crippen LogP contribution in [0.2, 0.25) is 0 Å². The Kier molecular flexibility index (Phi) is 17.6. The third-order valence-electron chi connectivity index (χ3n) is 12.7. The fourth-order valence-corrected chi connectivity index (χ4v) is 8.93. The Morgan fingerprint density at radius 3 is 0.409 bits per heavy atom. The van der Waals surface area contributed by atoms with Gasteiger partial charge in [0.25, 0.3) is 0 Å². The summed E-state index contributed by atoms with van der Waals surface area (Å²) in [6.45, 7) is -5.99. The zero-order chi connectivity index (χ0) is 48.0. The lowest BCUT2D eigenvalue weighted by Crippen LogP contribution is -2.69. The lowest BCUT2D eigenvalue weighted by Gasteiger charge is -2.50. The summed E-state index contributed by atoms with van der Waals surface area (Å²) in [5.74, 6) is 0. The molecule has 0 aliphatic carbocycles. The van der Waals surface area contributed by atoms with E-state index in [1.807, 2.05) is 0 Å². The Balaban J connectivity index is 1.19. The monoisotopic (exact) mass is 972 g/mol. The average Bonchev–Trinajstić information content (AvgIpc) is 3.31. The van der Waals surface area contributed by atoms with Crippen LogP contribution in [0.15, 0.2) is 0 Å². The van der Waals surface area contributed by atoms with Crippen LogP contribution in [0.3, 0.4) is 0 Å². The summed E-state index contributed by atoms with van der Waals surface area (Å²) in [5.41, 5.74) is 0. The highest BCUT2D eigenvalue weighted by molar-refractivity contribution is 5.01. The van der Waals surface area contributed by atoms with Crippen LogP contribution < -0.4 is 0 Å². The van der Waals surface area contributed by atoms with Crippen LogP contribution in [0.5, 0.6) is 0 Å². The Hall–Kier alpha value is -1.20. The van der Waals surface area contributed by atoms with Gasteiger partial charge in [0.2, 0.25) is 0 Å². The molecule has 0 unspecified atom stereocenters. The second kappa shape index (κ2) is 22.1. The molecule has 30 atom stereocenters. The predicted molar refractivity (Wildman–Crippen MR) is 196 cm³/mol. The summed E-state index contributed by atoms with van der Waals surface area (Å²) in [4.78, 5) is 0. The molecule has 22 heterocycles. The molecule has 0 aromatic carbocycles. The first-order chi connectivity index (χ1) is 31.4. The molecule has 18 N–H and O–H groups in total. The van der Waals surface area contributed by atoms with Gasteiger partial charge in [-0.15, -0.1) is 0 Å². The maximum absolute atomic E-state index is 11.2. The molecule has 30 heteroatoms. The quantitative estimate of drug-likeness (QED) is 0.117. The van der Waals surface area contributed by atoms with Gasteiger partial charge in [-0.2, -0.15) is 0 Å². The van der Waals surface area contributed by atoms with Crippen LogP contribution in [0, 0.1) is 0 Å². The number of aliphatic hydroxyl groups excluding tert-OH is 18. The van der Waals surface area contributed by atoms with Crippen molar-refractivity contribution in [1.29, 1.82) is 0 Å². The smallest absolute Gasteiger partial charge is 0.187 e. The van der Waals surface area contributed by atoms with E-state index in [-0.39, 0.29) is 0 Å². The van der Waals surface area contributed by atoms with Gasteiger partial charge in [-0.25, -0.2) is 0 Å². The van der Waals surface area contributed by atoms with Gasteiger partial charge in [-0.1, -0.05) is 0 Å². The lowest BCUT2D eigenvalue weighted by atomic mass is 9.94. The van der Waals surface area contributed by atoms with Crippen molar-refractivity contribution in [3.8, 4) is 0 Å². The maximum atomic E-state index is 11.2. The molecule has 22 fully saturated rings. The number of hydrogen-bond donors (Lipinski definition) is 18. The summed E-state index contributed by atoms with van der Waals surface area (Å²) < 4.78 is 67.9. The molecule has 0 radical (unpaired) electrons. The molecule has 66 heavy (non-hydrogen) atoms. The highest BCUT2D eigenvalue weighted by Crippen LogP contribution is 2.38. The summed E-state index contributed by atoms with van der Waals surface area (Å²) in [6, 6.07) is 0. The first-order valence-electron chi connectivity index (χ1n) is 21.1. The molecule has 0 amide bonds. The van der Waals surface area contributed by atoms with Crippen LogP contribution in [-0.2, 0) is 56.8 Å². The van der Waals surface area contributed by atoms with Gasteiger partial charge >= 0.3 is 0 Å². The van der Waals surface area contributed by atoms with Gasteiger partial charge in [-0.3, -0.25) is 0 Å². The van der Waals surface area contributed by atoms with Gasteiger partial charge in [0.05, 0.1) is 39.6 Å². The molecule has 22 aliphatic heterocycles. The molecule has 0 saturated carbocycles. The fourth-order valence-electron chi connectivity index (χ4n) is 8.93. The van der Waals surface area contributed by atoms with Crippen molar-refractivity contribution < 1.29 is 149 Å². The molecule has 12 bridgehead atoms. The van der Waals surface area contributed by atoms with Crippen LogP contribution >= 0.6 is 0 Å². The molecule has 22 rings (SSSR count). The Bertz CT molecular complexity index is 1230. The fraction of sp³-hybridized carbons (Fsp3) is 1.00. The van der Waals surface area contributed by atoms with Crippen LogP contribution in [-0.4, -0.2) is 316 Å². The van der Waals surface area contributed by atoms with Crippen LogP contribution in [0.4, 0.5) is 0 Å². The van der Waals surface area contributed by atoms with E-state index in [0.717, 1.165) is 0 Å². The van der Waals surface area contributed by atoms with Gasteiger partial charge in [0.1, 0.15) is 146 Å². The standard InChI is InChI=1S/C36H60O30/c37-1-7-25-13(43)19(49)31(55-7)62-26-8(2-38)57-33(21(51)15(26)45)64-28-10(4-40)59-35(23(53)17(28)47)66-30-12(6-42)60-36(24(54)18(30)48)65-29-11(5-41)58-34(22(52)16(29)46)63-27-9(3-39)56-32(61-25)20(50)14(27)44/h7-54H,1-6H2/t7-,8-,9-,10-,11-,12-,13-,14-,15-,16-,17+,18+,19+,20+,21+,22+,23-,24-,25-,26-,27-,28+,29-,30-,31-,32-,33-,34-,35-,36-/m0/s1. The van der Waals surface area contributed by atoms with E-state index in [4.69, 9.17) is 56.8 Å². The third-order valence-corrected chi connectivity index (χ3v) is 12.7. The summed E-state index contributed by atoms with van der Waals surface area (Å²) in [5, 5.41) is 196. The van der Waals surface area contributed by atoms with Crippen molar-refractivity contribution in [2.45, 2.75) is 184 Å². The predicted octanol–water partition coefficient (Wildman–Crippen LogP) is -13.1. The molecule has 30 nitrogen and oxygen atoms in total. The summed E-state index contributed by atoms with van der Waals surface area (Å²) >= 11 is 0. The Morgan fingerprint density at radius 2 is 0.303 bits per heavy atom. The topological polar surface area (TPSA) is 475 Å². The van der Waals surface area contributed by atoms with Crippen molar-refractivity contribution in [2.75, 3.05) is 39.6 Å². The molecular weight excluding hydrogens is 912 g/mol. The van der Waals surface area contributed by atoms with E-state index in [0.29, 0.717) is 0 Å². The molecule has 0 aromatic heterocycles. The number of ether oxygens (including phenoxy) is 12. The normalized spacial score (nSPS) is 55.4. The molecule has 0 aromatic rings. The number of aliphatic hydroxyl groups is 18. The van der Waals surface area contributed by atoms with Crippen LogP contribution in [0.1, 0.15) is 0 Å². The molecular formula is C36H60O30. The van der Waals surface area contributed by atoms with E-state index in [1.165, 1.54) is 0 Å². The van der Waals surface area contributed by atoms with Crippen molar-refractivity contribution in [3.05, 3.63) is 0 Å². The van der Waals surface area contributed by atoms with Crippen molar-refractivity contribution >= 4 is 0 Å². The summed E-state index contributed by atoms with van der Waals surface area (Å²) in [7, 11) is 0. The second-order valence-electron chi connectivity index (χ2n) is 16.8. The van der Waals surface area contributed by atoms with Gasteiger partial charge in [-0.05, 0) is 0 Å². The maximum Gasteiger partial charge on any atom is 0.187 e. The first kappa shape index (κ1) is 52.6. The van der Waals surface area contributed by atoms with E-state index in [9.17, 15) is 91.9 Å². The van der Waals surface area contributed by atoms with Gasteiger partial charge in [0, 0.05) is 0 Å². The highest BCUT2D eigenvalue weighted by Gasteiger charge is 2.58. The van der Waals surface area contributed by atoms with Crippen molar-refractivity contribution in [3.63, 3.8) is 0 Å². The van der Waals surface area contributed by atoms with Crippen molar-refractivity contribution in [1.82, 2.24) is 0 Å². The van der Waals surface area contributed by atoms with E-state index in [2.05, 4.69) is 0 Å². The minimum atomic E-state index is -2.15. The number of hydrogen-bond acceptors (Lipinski definition) is 30. The Morgan fingerprint density at radius 1 is 0.182 bits per heavy atom. The molecule has 22 aliphatic rings. The molecule has 0 spiro atoms. The Labute approximate surface area is 372 Å². The largest absolute Gasteiger partial charge is 0.394 e. The van der Waals surface area contributed by atoms with E-state index in [1.54, 1.807) is 0 Å². The second-order valence-corrected chi connectivity index (χ2v) is 16.8. The molecule has 22 saturated heterocycles. The van der Waals surface area contributed by atoms with Gasteiger partial charge < -0.3 is 149 Å². The van der Waals surface area contributed by atoms with Crippen molar-refractivity contribution in [2.24, 2.45) is 0 Å².